The summed E-state index contributed by atoms with van der Waals surface area (Å²) in [6.07, 6.45) is 8.34. The van der Waals surface area contributed by atoms with Gasteiger partial charge in [-0.25, -0.2) is 18.4 Å². The SMILES string of the molecule is CS(=O)(=O)c1c(C2CC3CCC(C2)N3C(=O)c2ncn[nH]2)nc2c(-c3ccc(CO)nc3)cnn2c1N. The number of fused-ring (bicyclic) bond motifs is 3. The molecule has 0 radical (unpaired) electrons. The number of hydrogen-bond acceptors (Lipinski definition) is 10. The molecule has 2 atom stereocenters. The smallest absolute Gasteiger partial charge is 0.291 e. The molecule has 1 amide bonds. The summed E-state index contributed by atoms with van der Waals surface area (Å²) in [7, 11) is -3.74. The van der Waals surface area contributed by atoms with Crippen LogP contribution in [0.25, 0.3) is 16.8 Å². The van der Waals surface area contributed by atoms with E-state index in [2.05, 4.69) is 25.3 Å². The number of aliphatic hydroxyl groups is 1. The number of anilines is 1. The zero-order valence-electron chi connectivity index (χ0n) is 19.9. The number of carbonyl (C=O) groups excluding carboxylic acids is 1. The summed E-state index contributed by atoms with van der Waals surface area (Å²) in [4.78, 5) is 28.0. The number of pyridine rings is 1. The average molecular weight is 524 g/mol. The van der Waals surface area contributed by atoms with Gasteiger partial charge in [0.05, 0.1) is 24.2 Å². The van der Waals surface area contributed by atoms with E-state index in [-0.39, 0.29) is 47.1 Å². The molecule has 37 heavy (non-hydrogen) atoms. The van der Waals surface area contributed by atoms with E-state index >= 15 is 0 Å². The second kappa shape index (κ2) is 8.59. The number of nitrogens with two attached hydrogens (primary N) is 1. The van der Waals surface area contributed by atoms with Gasteiger partial charge in [-0.1, -0.05) is 6.07 Å². The van der Waals surface area contributed by atoms with Gasteiger partial charge in [0.1, 0.15) is 17.0 Å². The van der Waals surface area contributed by atoms with E-state index < -0.39 is 9.84 Å². The van der Waals surface area contributed by atoms with E-state index in [0.717, 1.165) is 19.1 Å². The first kappa shape index (κ1) is 23.5. The zero-order valence-corrected chi connectivity index (χ0v) is 20.8. The van der Waals surface area contributed by atoms with Crippen molar-refractivity contribution in [1.82, 2.24) is 39.7 Å². The van der Waals surface area contributed by atoms with Crippen LogP contribution in [-0.4, -0.2) is 77.4 Å². The summed E-state index contributed by atoms with van der Waals surface area (Å²) in [6, 6.07) is 3.35. The summed E-state index contributed by atoms with van der Waals surface area (Å²) in [5, 5.41) is 20.1. The van der Waals surface area contributed by atoms with Crippen molar-refractivity contribution in [2.75, 3.05) is 12.0 Å². The average Bonchev–Trinajstić information content (AvgIpc) is 3.61. The maximum absolute atomic E-state index is 13.1. The highest BCUT2D eigenvalue weighted by Gasteiger charge is 2.46. The number of rotatable bonds is 5. The van der Waals surface area contributed by atoms with Crippen molar-refractivity contribution in [3.63, 3.8) is 0 Å². The van der Waals surface area contributed by atoms with Crippen LogP contribution < -0.4 is 5.73 Å². The Kier molecular flexibility index (Phi) is 5.45. The van der Waals surface area contributed by atoms with Gasteiger partial charge in [-0.3, -0.25) is 14.9 Å². The first-order valence-corrected chi connectivity index (χ1v) is 13.8. The molecule has 0 saturated carbocycles. The number of sulfone groups is 1. The van der Waals surface area contributed by atoms with Gasteiger partial charge in [-0.05, 0) is 31.7 Å². The number of amides is 1. The summed E-state index contributed by atoms with van der Waals surface area (Å²) in [5.74, 6) is -0.223. The van der Waals surface area contributed by atoms with E-state index in [1.54, 1.807) is 24.5 Å². The van der Waals surface area contributed by atoms with Gasteiger partial charge in [-0.15, -0.1) is 0 Å². The van der Waals surface area contributed by atoms with Gasteiger partial charge in [0.2, 0.25) is 5.82 Å². The molecule has 192 valence electrons. The predicted octanol–water partition coefficient (Wildman–Crippen LogP) is 0.938. The predicted molar refractivity (Wildman–Crippen MR) is 131 cm³/mol. The normalized spacial score (nSPS) is 21.6. The summed E-state index contributed by atoms with van der Waals surface area (Å²) in [6.45, 7) is -0.178. The lowest BCUT2D eigenvalue weighted by molar-refractivity contribution is 0.0556. The Bertz CT molecular complexity index is 1590. The molecule has 4 N–H and O–H groups in total. The number of nitrogens with one attached hydrogen (secondary N) is 1. The molecule has 6 rings (SSSR count). The van der Waals surface area contributed by atoms with Gasteiger partial charge in [0.25, 0.3) is 5.91 Å². The molecule has 0 aliphatic carbocycles. The van der Waals surface area contributed by atoms with Gasteiger partial charge in [0, 0.05) is 41.6 Å². The Labute approximate surface area is 211 Å². The molecule has 14 heteroatoms. The lowest BCUT2D eigenvalue weighted by Gasteiger charge is -2.38. The molecular formula is C23H25N9O4S. The number of aliphatic hydroxyl groups excluding tert-OH is 1. The van der Waals surface area contributed by atoms with Crippen molar-refractivity contribution in [3.05, 3.63) is 48.1 Å². The molecule has 2 fully saturated rings. The Morgan fingerprint density at radius 3 is 2.54 bits per heavy atom. The largest absolute Gasteiger partial charge is 0.390 e. The highest BCUT2D eigenvalue weighted by molar-refractivity contribution is 7.91. The van der Waals surface area contributed by atoms with E-state index in [9.17, 15) is 18.3 Å². The molecule has 2 aliphatic heterocycles. The summed E-state index contributed by atoms with van der Waals surface area (Å²) >= 11 is 0. The van der Waals surface area contributed by atoms with Gasteiger partial charge in [0.15, 0.2) is 15.5 Å². The van der Waals surface area contributed by atoms with Crippen molar-refractivity contribution in [2.24, 2.45) is 0 Å². The maximum Gasteiger partial charge on any atom is 0.291 e. The number of piperidine rings is 1. The molecule has 2 bridgehead atoms. The van der Waals surface area contributed by atoms with Crippen molar-refractivity contribution >= 4 is 27.2 Å². The van der Waals surface area contributed by atoms with Crippen molar-refractivity contribution in [2.45, 2.75) is 55.2 Å². The fourth-order valence-corrected chi connectivity index (χ4v) is 6.78. The van der Waals surface area contributed by atoms with Crippen LogP contribution >= 0.6 is 0 Å². The van der Waals surface area contributed by atoms with Crippen LogP contribution in [0.3, 0.4) is 0 Å². The summed E-state index contributed by atoms with van der Waals surface area (Å²) in [5.41, 5.74) is 9.13. The third kappa shape index (κ3) is 3.83. The minimum absolute atomic E-state index is 0.00111. The number of nitrogens with zero attached hydrogens (tertiary/aromatic N) is 7. The van der Waals surface area contributed by atoms with E-state index in [1.807, 2.05) is 4.90 Å². The van der Waals surface area contributed by atoms with E-state index in [0.29, 0.717) is 41.0 Å². The number of carbonyl (C=O) groups is 1. The van der Waals surface area contributed by atoms with E-state index in [1.165, 1.54) is 10.8 Å². The van der Waals surface area contributed by atoms with Crippen molar-refractivity contribution < 1.29 is 18.3 Å². The molecule has 4 aromatic heterocycles. The number of H-pyrrole nitrogens is 1. The van der Waals surface area contributed by atoms with Crippen LogP contribution in [0, 0.1) is 0 Å². The van der Waals surface area contributed by atoms with Gasteiger partial charge in [-0.2, -0.15) is 14.7 Å². The lowest BCUT2D eigenvalue weighted by Crippen LogP contribution is -2.46. The minimum atomic E-state index is -3.74. The topological polar surface area (TPSA) is 185 Å². The number of aromatic amines is 1. The Balaban J connectivity index is 1.43. The Morgan fingerprint density at radius 1 is 1.19 bits per heavy atom. The minimum Gasteiger partial charge on any atom is -0.390 e. The fourth-order valence-electron chi connectivity index (χ4n) is 5.72. The maximum atomic E-state index is 13.1. The number of nitrogen functional groups attached to an aromatic ring is 1. The van der Waals surface area contributed by atoms with Crippen LogP contribution in [0.5, 0.6) is 0 Å². The number of aromatic nitrogens is 7. The molecule has 4 aromatic rings. The molecule has 2 aliphatic rings. The highest BCUT2D eigenvalue weighted by Crippen LogP contribution is 2.45. The van der Waals surface area contributed by atoms with Crippen LogP contribution in [0.15, 0.2) is 35.7 Å². The van der Waals surface area contributed by atoms with Gasteiger partial charge >= 0.3 is 0 Å². The van der Waals surface area contributed by atoms with Gasteiger partial charge < -0.3 is 15.7 Å². The van der Waals surface area contributed by atoms with Crippen LogP contribution in [-0.2, 0) is 16.4 Å². The van der Waals surface area contributed by atoms with Crippen molar-refractivity contribution in [1.29, 1.82) is 0 Å². The second-order valence-electron chi connectivity index (χ2n) is 9.57. The molecule has 2 unspecified atom stereocenters. The standard InChI is InChI=1S/C23H25N9O4S/c1-37(35,36)19-18(13-6-15-4-5-16(7-13)31(15)23(34)21-26-11-27-30-21)29-22-17(9-28-32(22)20(19)24)12-2-3-14(10-33)25-8-12/h2-3,8-9,11,13,15-16,33H,4-7,10,24H2,1H3,(H,26,27,30). The highest BCUT2D eigenvalue weighted by atomic mass is 32.2. The summed E-state index contributed by atoms with van der Waals surface area (Å²) < 4.78 is 27.2. The Morgan fingerprint density at radius 2 is 1.95 bits per heavy atom. The first-order valence-electron chi connectivity index (χ1n) is 11.9. The zero-order chi connectivity index (χ0) is 25.9. The van der Waals surface area contributed by atoms with Crippen LogP contribution in [0.4, 0.5) is 5.82 Å². The molecule has 6 heterocycles. The molecular weight excluding hydrogens is 498 g/mol. The first-order chi connectivity index (χ1) is 17.8. The number of hydrogen-bond donors (Lipinski definition) is 3. The molecule has 13 nitrogen and oxygen atoms in total. The quantitative estimate of drug-likeness (QED) is 0.340. The van der Waals surface area contributed by atoms with Crippen molar-refractivity contribution in [3.8, 4) is 11.1 Å². The van der Waals surface area contributed by atoms with Crippen LogP contribution in [0.1, 0.15) is 53.6 Å². The molecule has 2 saturated heterocycles. The monoisotopic (exact) mass is 523 g/mol. The second-order valence-corrected chi connectivity index (χ2v) is 11.5. The fraction of sp³-hybridized carbons (Fsp3) is 0.391. The Hall–Kier alpha value is -3.91. The lowest BCUT2D eigenvalue weighted by atomic mass is 9.87. The third-order valence-corrected chi connectivity index (χ3v) is 8.46. The van der Waals surface area contributed by atoms with E-state index in [4.69, 9.17) is 10.7 Å². The van der Waals surface area contributed by atoms with Crippen LogP contribution in [0.2, 0.25) is 0 Å². The molecule has 0 aromatic carbocycles. The molecule has 0 spiro atoms. The third-order valence-electron chi connectivity index (χ3n) is 7.30.